The topological polar surface area (TPSA) is 104 Å². The van der Waals surface area contributed by atoms with Crippen LogP contribution < -0.4 is 9.62 Å². The summed E-state index contributed by atoms with van der Waals surface area (Å²) in [6, 6.07) is 12.2. The number of hydrogen-bond acceptors (Lipinski definition) is 5. The molecule has 1 atom stereocenters. The van der Waals surface area contributed by atoms with Crippen molar-refractivity contribution in [1.82, 2.24) is 10.2 Å². The van der Waals surface area contributed by atoms with Crippen molar-refractivity contribution in [2.75, 3.05) is 23.7 Å². The van der Waals surface area contributed by atoms with E-state index in [9.17, 15) is 22.8 Å². The van der Waals surface area contributed by atoms with Crippen LogP contribution in [0.1, 0.15) is 50.0 Å². The van der Waals surface area contributed by atoms with Crippen molar-refractivity contribution in [3.63, 3.8) is 0 Å². The van der Waals surface area contributed by atoms with Crippen molar-refractivity contribution in [2.24, 2.45) is 5.92 Å². The Bertz CT molecular complexity index is 1200. The fraction of sp³-hybridized carbons (Fsp3) is 0.423. The van der Waals surface area contributed by atoms with Gasteiger partial charge in [-0.3, -0.25) is 18.7 Å². The molecule has 0 radical (unpaired) electrons. The van der Waals surface area contributed by atoms with Crippen molar-refractivity contribution in [2.45, 2.75) is 46.7 Å². The monoisotopic (exact) mass is 535 g/mol. The van der Waals surface area contributed by atoms with E-state index in [-0.39, 0.29) is 29.8 Å². The third-order valence-electron chi connectivity index (χ3n) is 5.59. The summed E-state index contributed by atoms with van der Waals surface area (Å²) in [6.45, 7) is 7.02. The number of hydrogen-bond donors (Lipinski definition) is 1. The lowest BCUT2D eigenvalue weighted by Crippen LogP contribution is -2.52. The lowest BCUT2D eigenvalue weighted by Gasteiger charge is -2.33. The number of benzene rings is 2. The average Bonchev–Trinajstić information content (AvgIpc) is 2.81. The number of anilines is 1. The first-order valence-corrected chi connectivity index (χ1v) is 14.0. The molecule has 0 aliphatic heterocycles. The zero-order valence-corrected chi connectivity index (χ0v) is 22.9. The molecular weight excluding hydrogens is 502 g/mol. The molecule has 0 heterocycles. The van der Waals surface area contributed by atoms with Crippen LogP contribution in [0.5, 0.6) is 0 Å². The van der Waals surface area contributed by atoms with Gasteiger partial charge in [-0.2, -0.15) is 0 Å². The van der Waals surface area contributed by atoms with Gasteiger partial charge in [0, 0.05) is 23.7 Å². The average molecular weight is 536 g/mol. The maximum absolute atomic E-state index is 13.7. The summed E-state index contributed by atoms with van der Waals surface area (Å²) in [6.07, 6.45) is 1.31. The van der Waals surface area contributed by atoms with E-state index in [0.29, 0.717) is 29.1 Å². The molecule has 1 N–H and O–H groups in total. The molecule has 2 aromatic carbocycles. The highest BCUT2D eigenvalue weighted by Crippen LogP contribution is 2.23. The van der Waals surface area contributed by atoms with E-state index in [1.165, 1.54) is 24.0 Å². The van der Waals surface area contributed by atoms with Crippen molar-refractivity contribution in [3.8, 4) is 0 Å². The number of amides is 2. The molecule has 196 valence electrons. The maximum Gasteiger partial charge on any atom is 0.244 e. The Labute approximate surface area is 218 Å². The van der Waals surface area contributed by atoms with Crippen LogP contribution in [0, 0.1) is 5.92 Å². The Kier molecular flexibility index (Phi) is 10.5. The summed E-state index contributed by atoms with van der Waals surface area (Å²) < 4.78 is 26.4. The van der Waals surface area contributed by atoms with Crippen LogP contribution in [-0.4, -0.2) is 56.3 Å². The van der Waals surface area contributed by atoms with Crippen molar-refractivity contribution in [3.05, 3.63) is 64.7 Å². The molecule has 0 aromatic heterocycles. The van der Waals surface area contributed by atoms with Gasteiger partial charge in [-0.05, 0) is 43.0 Å². The lowest BCUT2D eigenvalue weighted by molar-refractivity contribution is -0.140. The van der Waals surface area contributed by atoms with Crippen LogP contribution >= 0.6 is 11.6 Å². The predicted molar refractivity (Wildman–Crippen MR) is 143 cm³/mol. The summed E-state index contributed by atoms with van der Waals surface area (Å²) in [5.41, 5.74) is 1.14. The van der Waals surface area contributed by atoms with E-state index in [0.717, 1.165) is 10.6 Å². The maximum atomic E-state index is 13.7. The van der Waals surface area contributed by atoms with Crippen LogP contribution in [-0.2, 0) is 26.2 Å². The van der Waals surface area contributed by atoms with E-state index in [1.807, 2.05) is 13.8 Å². The molecule has 8 nitrogen and oxygen atoms in total. The highest BCUT2D eigenvalue weighted by atomic mass is 35.5. The Morgan fingerprint density at radius 2 is 1.72 bits per heavy atom. The SMILES string of the molecule is CCC(C(=O)NCC(C)C)N(Cc1ccccc1Cl)C(=O)CN(c1cccc(C(C)=O)c1)S(C)(=O)=O. The van der Waals surface area contributed by atoms with E-state index >= 15 is 0 Å². The van der Waals surface area contributed by atoms with Gasteiger partial charge in [0.1, 0.15) is 12.6 Å². The fourth-order valence-corrected chi connectivity index (χ4v) is 4.68. The quantitative estimate of drug-likeness (QED) is 0.415. The Balaban J connectivity index is 2.47. The molecule has 0 aliphatic rings. The minimum Gasteiger partial charge on any atom is -0.354 e. The van der Waals surface area contributed by atoms with Crippen LogP contribution in [0.15, 0.2) is 48.5 Å². The third-order valence-corrected chi connectivity index (χ3v) is 7.10. The Morgan fingerprint density at radius 1 is 1.06 bits per heavy atom. The van der Waals surface area contributed by atoms with E-state index in [1.54, 1.807) is 43.3 Å². The third kappa shape index (κ3) is 8.06. The zero-order chi connectivity index (χ0) is 27.0. The standard InChI is InChI=1S/C26H34ClN3O5S/c1-6-24(26(33)28-15-18(2)3)29(16-21-10-7-8-13-23(21)27)25(32)17-30(36(5,34)35)22-12-9-11-20(14-22)19(4)31/h7-14,18,24H,6,15-17H2,1-5H3,(H,28,33). The van der Waals surface area contributed by atoms with Gasteiger partial charge in [-0.25, -0.2) is 8.42 Å². The van der Waals surface area contributed by atoms with Gasteiger partial charge in [0.05, 0.1) is 11.9 Å². The minimum atomic E-state index is -3.90. The smallest absolute Gasteiger partial charge is 0.244 e. The molecule has 1 unspecified atom stereocenters. The van der Waals surface area contributed by atoms with Crippen molar-refractivity contribution in [1.29, 1.82) is 0 Å². The summed E-state index contributed by atoms with van der Waals surface area (Å²) in [5.74, 6) is -0.908. The molecule has 10 heteroatoms. The highest BCUT2D eigenvalue weighted by Gasteiger charge is 2.32. The molecule has 0 saturated heterocycles. The first-order chi connectivity index (χ1) is 16.8. The largest absolute Gasteiger partial charge is 0.354 e. The molecule has 2 rings (SSSR count). The number of carbonyl (C=O) groups is 3. The molecule has 0 fully saturated rings. The normalized spacial score (nSPS) is 12.2. The first kappa shape index (κ1) is 29.3. The molecule has 36 heavy (non-hydrogen) atoms. The van der Waals surface area contributed by atoms with E-state index in [2.05, 4.69) is 5.32 Å². The summed E-state index contributed by atoms with van der Waals surface area (Å²) in [4.78, 5) is 40.0. The Morgan fingerprint density at radius 3 is 2.28 bits per heavy atom. The molecular formula is C26H34ClN3O5S. The number of carbonyl (C=O) groups excluding carboxylic acids is 3. The molecule has 0 spiro atoms. The van der Waals surface area contributed by atoms with Gasteiger partial charge in [-0.15, -0.1) is 0 Å². The van der Waals surface area contributed by atoms with Crippen molar-refractivity contribution >= 4 is 44.9 Å². The summed E-state index contributed by atoms with van der Waals surface area (Å²) >= 11 is 6.35. The second-order valence-corrected chi connectivity index (χ2v) is 11.4. The molecule has 2 amide bonds. The highest BCUT2D eigenvalue weighted by molar-refractivity contribution is 7.92. The van der Waals surface area contributed by atoms with Gasteiger partial charge in [0.15, 0.2) is 5.78 Å². The first-order valence-electron chi connectivity index (χ1n) is 11.7. The number of sulfonamides is 1. The predicted octanol–water partition coefficient (Wildman–Crippen LogP) is 3.89. The Hall–Kier alpha value is -2.91. The van der Waals surface area contributed by atoms with Gasteiger partial charge in [0.2, 0.25) is 21.8 Å². The van der Waals surface area contributed by atoms with Crippen LogP contribution in [0.3, 0.4) is 0 Å². The van der Waals surface area contributed by atoms with Crippen LogP contribution in [0.25, 0.3) is 0 Å². The molecule has 0 bridgehead atoms. The number of nitrogens with zero attached hydrogens (tertiary/aromatic N) is 2. The summed E-state index contributed by atoms with van der Waals surface area (Å²) in [5, 5.41) is 3.30. The zero-order valence-electron chi connectivity index (χ0n) is 21.3. The molecule has 2 aromatic rings. The number of ketones is 1. The van der Waals surface area contributed by atoms with E-state index < -0.39 is 28.5 Å². The number of rotatable bonds is 12. The molecule has 0 aliphatic carbocycles. The second kappa shape index (κ2) is 12.9. The van der Waals surface area contributed by atoms with Crippen molar-refractivity contribution < 1.29 is 22.8 Å². The summed E-state index contributed by atoms with van der Waals surface area (Å²) in [7, 11) is -3.90. The van der Waals surface area contributed by atoms with Crippen LogP contribution in [0.2, 0.25) is 5.02 Å². The van der Waals surface area contributed by atoms with Gasteiger partial charge in [0.25, 0.3) is 0 Å². The van der Waals surface area contributed by atoms with Gasteiger partial charge in [-0.1, -0.05) is 62.7 Å². The van der Waals surface area contributed by atoms with Crippen LogP contribution in [0.4, 0.5) is 5.69 Å². The van der Waals surface area contributed by atoms with E-state index in [4.69, 9.17) is 11.6 Å². The fourth-order valence-electron chi connectivity index (χ4n) is 3.65. The molecule has 0 saturated carbocycles. The number of halogens is 1. The lowest BCUT2D eigenvalue weighted by atomic mass is 10.1. The minimum absolute atomic E-state index is 0.0250. The van der Waals surface area contributed by atoms with Gasteiger partial charge < -0.3 is 10.2 Å². The number of Topliss-reactive ketones (excluding diaryl/α,β-unsaturated/α-hetero) is 1. The second-order valence-electron chi connectivity index (χ2n) is 9.05. The number of nitrogens with one attached hydrogen (secondary N) is 1. The van der Waals surface area contributed by atoms with Gasteiger partial charge >= 0.3 is 0 Å².